The van der Waals surface area contributed by atoms with Gasteiger partial charge in [0.1, 0.15) is 0 Å². The summed E-state index contributed by atoms with van der Waals surface area (Å²) in [5.74, 6) is -2.09. The summed E-state index contributed by atoms with van der Waals surface area (Å²) in [6.45, 7) is 0.650. The molecule has 5 heteroatoms. The van der Waals surface area contributed by atoms with E-state index < -0.39 is 11.6 Å². The summed E-state index contributed by atoms with van der Waals surface area (Å²) < 4.78 is 25.9. The number of benzene rings is 2. The summed E-state index contributed by atoms with van der Waals surface area (Å²) >= 11 is 0. The maximum absolute atomic E-state index is 13.1. The van der Waals surface area contributed by atoms with Crippen molar-refractivity contribution in [2.75, 3.05) is 6.54 Å². The minimum atomic E-state index is -0.924. The third kappa shape index (κ3) is 4.10. The number of amides is 1. The largest absolute Gasteiger partial charge is 0.348 e. The highest BCUT2D eigenvalue weighted by Gasteiger charge is 2.07. The molecule has 2 aromatic carbocycles. The highest BCUT2D eigenvalue weighted by atomic mass is 19.2. The van der Waals surface area contributed by atoms with Crippen molar-refractivity contribution in [1.82, 2.24) is 5.32 Å². The van der Waals surface area contributed by atoms with Crippen LogP contribution >= 0.6 is 0 Å². The van der Waals surface area contributed by atoms with E-state index in [-0.39, 0.29) is 12.5 Å². The molecular weight excluding hydrogens is 274 g/mol. The standard InChI is InChI=1S/C16H16F2N2O/c17-14-5-4-12(9-15(14)18)10-20-16(21)13-3-1-2-11(8-13)6-7-19/h1-5,8-9H,6-7,10,19H2,(H,20,21). The zero-order valence-corrected chi connectivity index (χ0v) is 11.4. The minimum absolute atomic E-state index is 0.136. The molecule has 0 radical (unpaired) electrons. The fraction of sp³-hybridized carbons (Fsp3) is 0.188. The summed E-state index contributed by atoms with van der Waals surface area (Å²) in [4.78, 5) is 12.0. The molecule has 0 aliphatic heterocycles. The van der Waals surface area contributed by atoms with Gasteiger partial charge in [-0.05, 0) is 48.4 Å². The van der Waals surface area contributed by atoms with Gasteiger partial charge in [-0.15, -0.1) is 0 Å². The Bertz CT molecular complexity index is 644. The van der Waals surface area contributed by atoms with Gasteiger partial charge in [-0.25, -0.2) is 8.78 Å². The average Bonchev–Trinajstić information content (AvgIpc) is 2.49. The molecule has 0 saturated heterocycles. The summed E-state index contributed by atoms with van der Waals surface area (Å²) in [7, 11) is 0. The highest BCUT2D eigenvalue weighted by Crippen LogP contribution is 2.09. The number of carbonyl (C=O) groups is 1. The first kappa shape index (κ1) is 15.1. The molecule has 0 spiro atoms. The molecule has 0 heterocycles. The maximum atomic E-state index is 13.1. The van der Waals surface area contributed by atoms with E-state index in [4.69, 9.17) is 5.73 Å². The zero-order chi connectivity index (χ0) is 15.2. The van der Waals surface area contributed by atoms with Crippen molar-refractivity contribution in [3.8, 4) is 0 Å². The topological polar surface area (TPSA) is 55.1 Å². The quantitative estimate of drug-likeness (QED) is 0.888. The lowest BCUT2D eigenvalue weighted by molar-refractivity contribution is 0.0950. The van der Waals surface area contributed by atoms with Gasteiger partial charge >= 0.3 is 0 Å². The fourth-order valence-electron chi connectivity index (χ4n) is 1.97. The molecule has 21 heavy (non-hydrogen) atoms. The molecule has 110 valence electrons. The van der Waals surface area contributed by atoms with E-state index in [9.17, 15) is 13.6 Å². The molecule has 2 aromatic rings. The van der Waals surface area contributed by atoms with Crippen molar-refractivity contribution >= 4 is 5.91 Å². The van der Waals surface area contributed by atoms with Crippen LogP contribution < -0.4 is 11.1 Å². The van der Waals surface area contributed by atoms with Crippen LogP contribution in [0.15, 0.2) is 42.5 Å². The van der Waals surface area contributed by atoms with E-state index in [1.165, 1.54) is 6.07 Å². The molecule has 3 N–H and O–H groups in total. The number of hydrogen-bond acceptors (Lipinski definition) is 2. The van der Waals surface area contributed by atoms with Crippen LogP contribution in [0.3, 0.4) is 0 Å². The Kier molecular flexibility index (Phi) is 5.00. The second-order valence-corrected chi connectivity index (χ2v) is 4.67. The summed E-state index contributed by atoms with van der Waals surface area (Å²) in [6.07, 6.45) is 0.699. The fourth-order valence-corrected chi connectivity index (χ4v) is 1.97. The van der Waals surface area contributed by atoms with Crippen LogP contribution in [-0.2, 0) is 13.0 Å². The predicted molar refractivity (Wildman–Crippen MR) is 76.7 cm³/mol. The minimum Gasteiger partial charge on any atom is -0.348 e. The van der Waals surface area contributed by atoms with Crippen molar-refractivity contribution in [2.45, 2.75) is 13.0 Å². The number of nitrogens with two attached hydrogens (primary N) is 1. The number of halogens is 2. The van der Waals surface area contributed by atoms with E-state index in [1.54, 1.807) is 18.2 Å². The molecule has 0 bridgehead atoms. The highest BCUT2D eigenvalue weighted by molar-refractivity contribution is 5.94. The first-order chi connectivity index (χ1) is 10.1. The van der Waals surface area contributed by atoms with Crippen molar-refractivity contribution in [3.63, 3.8) is 0 Å². The summed E-state index contributed by atoms with van der Waals surface area (Å²) in [5, 5.41) is 2.67. The molecule has 0 unspecified atom stereocenters. The summed E-state index contributed by atoms with van der Waals surface area (Å²) in [5.41, 5.74) is 7.48. The Morgan fingerprint density at radius 2 is 1.86 bits per heavy atom. The number of carbonyl (C=O) groups excluding carboxylic acids is 1. The van der Waals surface area contributed by atoms with Gasteiger partial charge in [0.25, 0.3) is 5.91 Å². The third-order valence-corrected chi connectivity index (χ3v) is 3.06. The molecular formula is C16H16F2N2O. The first-order valence-electron chi connectivity index (χ1n) is 6.61. The molecule has 0 aromatic heterocycles. The predicted octanol–water partition coefficient (Wildman–Crippen LogP) is 2.40. The van der Waals surface area contributed by atoms with E-state index >= 15 is 0 Å². The van der Waals surface area contributed by atoms with Gasteiger partial charge in [-0.1, -0.05) is 18.2 Å². The van der Waals surface area contributed by atoms with Crippen LogP contribution in [0.5, 0.6) is 0 Å². The SMILES string of the molecule is NCCc1cccc(C(=O)NCc2ccc(F)c(F)c2)c1. The zero-order valence-electron chi connectivity index (χ0n) is 11.4. The average molecular weight is 290 g/mol. The molecule has 1 amide bonds. The third-order valence-electron chi connectivity index (χ3n) is 3.06. The number of rotatable bonds is 5. The van der Waals surface area contributed by atoms with Gasteiger partial charge in [0.2, 0.25) is 0 Å². The van der Waals surface area contributed by atoms with Crippen molar-refractivity contribution in [3.05, 3.63) is 70.8 Å². The van der Waals surface area contributed by atoms with Crippen molar-refractivity contribution in [2.24, 2.45) is 5.73 Å². The second-order valence-electron chi connectivity index (χ2n) is 4.67. The van der Waals surface area contributed by atoms with E-state index in [0.29, 0.717) is 24.1 Å². The molecule has 0 fully saturated rings. The van der Waals surface area contributed by atoms with Crippen LogP contribution in [0.4, 0.5) is 8.78 Å². The lowest BCUT2D eigenvalue weighted by Crippen LogP contribution is -2.23. The Morgan fingerprint density at radius 1 is 1.05 bits per heavy atom. The van der Waals surface area contributed by atoms with Gasteiger partial charge in [0.15, 0.2) is 11.6 Å². The Labute approximate surface area is 121 Å². The van der Waals surface area contributed by atoms with Crippen LogP contribution in [-0.4, -0.2) is 12.5 Å². The summed E-state index contributed by atoms with van der Waals surface area (Å²) in [6, 6.07) is 10.7. The molecule has 2 rings (SSSR count). The van der Waals surface area contributed by atoms with Crippen LogP contribution in [0, 0.1) is 11.6 Å². The normalized spacial score (nSPS) is 10.4. The smallest absolute Gasteiger partial charge is 0.251 e. The number of hydrogen-bond donors (Lipinski definition) is 2. The van der Waals surface area contributed by atoms with Crippen LogP contribution in [0.1, 0.15) is 21.5 Å². The van der Waals surface area contributed by atoms with E-state index in [1.807, 2.05) is 6.07 Å². The molecule has 0 atom stereocenters. The van der Waals surface area contributed by atoms with Gasteiger partial charge in [0, 0.05) is 12.1 Å². The Balaban J connectivity index is 2.01. The van der Waals surface area contributed by atoms with Crippen molar-refractivity contribution in [1.29, 1.82) is 0 Å². The van der Waals surface area contributed by atoms with Crippen molar-refractivity contribution < 1.29 is 13.6 Å². The maximum Gasteiger partial charge on any atom is 0.251 e. The molecule has 3 nitrogen and oxygen atoms in total. The van der Waals surface area contributed by atoms with Gasteiger partial charge < -0.3 is 11.1 Å². The van der Waals surface area contributed by atoms with E-state index in [0.717, 1.165) is 17.7 Å². The lowest BCUT2D eigenvalue weighted by atomic mass is 10.1. The molecule has 0 saturated carbocycles. The second kappa shape index (κ2) is 6.95. The Hall–Kier alpha value is -2.27. The van der Waals surface area contributed by atoms with Gasteiger partial charge in [0.05, 0.1) is 0 Å². The van der Waals surface area contributed by atoms with Gasteiger partial charge in [-0.2, -0.15) is 0 Å². The van der Waals surface area contributed by atoms with Crippen LogP contribution in [0.25, 0.3) is 0 Å². The molecule has 0 aliphatic rings. The molecule has 0 aliphatic carbocycles. The Morgan fingerprint density at radius 3 is 2.57 bits per heavy atom. The van der Waals surface area contributed by atoms with Crippen LogP contribution in [0.2, 0.25) is 0 Å². The van der Waals surface area contributed by atoms with E-state index in [2.05, 4.69) is 5.32 Å². The number of nitrogens with one attached hydrogen (secondary N) is 1. The lowest BCUT2D eigenvalue weighted by Gasteiger charge is -2.07. The van der Waals surface area contributed by atoms with Gasteiger partial charge in [-0.3, -0.25) is 4.79 Å². The monoisotopic (exact) mass is 290 g/mol. The first-order valence-corrected chi connectivity index (χ1v) is 6.61.